The lowest BCUT2D eigenvalue weighted by Gasteiger charge is -2.56. The van der Waals surface area contributed by atoms with Crippen molar-refractivity contribution in [1.29, 1.82) is 0 Å². The summed E-state index contributed by atoms with van der Waals surface area (Å²) in [6, 6.07) is 0. The number of carboxylic acid groups (broad SMARTS) is 1. The number of carboxylic acids is 1. The van der Waals surface area contributed by atoms with Crippen LogP contribution in [0, 0.1) is 16.7 Å². The van der Waals surface area contributed by atoms with Crippen LogP contribution in [-0.4, -0.2) is 24.2 Å². The molecule has 4 rings (SSSR count). The maximum Gasteiger partial charge on any atom is 0.310 e. The molecule has 3 nitrogen and oxygen atoms in total. The van der Waals surface area contributed by atoms with E-state index < -0.39 is 5.97 Å². The monoisotopic (exact) mass is 209 g/mol. The molecule has 1 aliphatic heterocycles. The van der Waals surface area contributed by atoms with Crippen LogP contribution in [0.25, 0.3) is 0 Å². The number of hydrogen-bond donors (Lipinski definition) is 2. The maximum atomic E-state index is 11.7. The molecular formula is C12H19NO2. The molecule has 0 aromatic rings. The highest BCUT2D eigenvalue weighted by molar-refractivity contribution is 5.76. The quantitative estimate of drug-likeness (QED) is 0.690. The van der Waals surface area contributed by atoms with E-state index in [0.717, 1.165) is 57.5 Å². The topological polar surface area (TPSA) is 49.3 Å². The fraction of sp³-hybridized carbons (Fsp3) is 0.917. The molecule has 3 saturated carbocycles. The first-order valence-corrected chi connectivity index (χ1v) is 6.13. The standard InChI is InChI=1S/C12H19NO2/c14-10(15)12-3-1-9(2-4-12)7-11(12)5-6-13-8-11/h9,13H,1-8H2,(H,14,15). The van der Waals surface area contributed by atoms with Gasteiger partial charge in [0.15, 0.2) is 0 Å². The minimum absolute atomic E-state index is 0.0972. The van der Waals surface area contributed by atoms with Crippen LogP contribution in [0.5, 0.6) is 0 Å². The van der Waals surface area contributed by atoms with Gasteiger partial charge in [0.2, 0.25) is 0 Å². The van der Waals surface area contributed by atoms with Gasteiger partial charge in [0.05, 0.1) is 5.41 Å². The van der Waals surface area contributed by atoms with Crippen molar-refractivity contribution in [1.82, 2.24) is 5.32 Å². The Labute approximate surface area is 90.2 Å². The van der Waals surface area contributed by atoms with Crippen LogP contribution in [0.15, 0.2) is 0 Å². The molecular weight excluding hydrogens is 190 g/mol. The van der Waals surface area contributed by atoms with E-state index in [1.54, 1.807) is 0 Å². The van der Waals surface area contributed by atoms with Gasteiger partial charge in [0.1, 0.15) is 0 Å². The van der Waals surface area contributed by atoms with Gasteiger partial charge < -0.3 is 10.4 Å². The van der Waals surface area contributed by atoms with Gasteiger partial charge in [-0.25, -0.2) is 0 Å². The van der Waals surface area contributed by atoms with Crippen LogP contribution in [0.4, 0.5) is 0 Å². The van der Waals surface area contributed by atoms with Gasteiger partial charge in [-0.05, 0) is 51.0 Å². The van der Waals surface area contributed by atoms with Crippen LogP contribution >= 0.6 is 0 Å². The first kappa shape index (κ1) is 9.64. The van der Waals surface area contributed by atoms with Crippen molar-refractivity contribution in [3.05, 3.63) is 0 Å². The van der Waals surface area contributed by atoms with Crippen molar-refractivity contribution >= 4 is 5.97 Å². The van der Waals surface area contributed by atoms with E-state index in [4.69, 9.17) is 0 Å². The van der Waals surface area contributed by atoms with Crippen molar-refractivity contribution < 1.29 is 9.90 Å². The van der Waals surface area contributed by atoms with Gasteiger partial charge in [0, 0.05) is 12.0 Å². The van der Waals surface area contributed by atoms with E-state index in [0.29, 0.717) is 0 Å². The van der Waals surface area contributed by atoms with Crippen molar-refractivity contribution in [2.75, 3.05) is 13.1 Å². The lowest BCUT2D eigenvalue weighted by atomic mass is 9.47. The number of rotatable bonds is 1. The van der Waals surface area contributed by atoms with Gasteiger partial charge in [-0.1, -0.05) is 0 Å². The molecule has 1 saturated heterocycles. The summed E-state index contributed by atoms with van der Waals surface area (Å²) in [6.45, 7) is 1.96. The number of nitrogens with one attached hydrogen (secondary N) is 1. The number of fused-ring (bicyclic) bond motifs is 2. The Bertz CT molecular complexity index is 286. The van der Waals surface area contributed by atoms with E-state index in [9.17, 15) is 9.90 Å². The summed E-state index contributed by atoms with van der Waals surface area (Å²) in [5.74, 6) is 0.287. The third-order valence-corrected chi connectivity index (χ3v) is 5.31. The summed E-state index contributed by atoms with van der Waals surface area (Å²) in [5.41, 5.74) is -0.286. The average Bonchev–Trinajstić information content (AvgIpc) is 2.68. The third-order valence-electron chi connectivity index (χ3n) is 5.31. The molecule has 0 amide bonds. The van der Waals surface area contributed by atoms with Crippen LogP contribution in [0.2, 0.25) is 0 Å². The Morgan fingerprint density at radius 2 is 2.00 bits per heavy atom. The highest BCUT2D eigenvalue weighted by atomic mass is 16.4. The summed E-state index contributed by atoms with van der Waals surface area (Å²) >= 11 is 0. The van der Waals surface area contributed by atoms with E-state index >= 15 is 0 Å². The lowest BCUT2D eigenvalue weighted by molar-refractivity contribution is -0.172. The molecule has 3 heteroatoms. The zero-order chi connectivity index (χ0) is 10.5. The SMILES string of the molecule is O=C(O)C12CCC(CC1)CC21CCNC1. The fourth-order valence-corrected chi connectivity index (χ4v) is 4.42. The number of carbonyl (C=O) groups is 1. The minimum Gasteiger partial charge on any atom is -0.481 e. The molecule has 1 atom stereocenters. The molecule has 1 heterocycles. The average molecular weight is 209 g/mol. The second-order valence-electron chi connectivity index (χ2n) is 5.74. The normalized spacial score (nSPS) is 48.7. The summed E-state index contributed by atoms with van der Waals surface area (Å²) in [7, 11) is 0. The van der Waals surface area contributed by atoms with Crippen molar-refractivity contribution in [3.63, 3.8) is 0 Å². The van der Waals surface area contributed by atoms with Crippen molar-refractivity contribution in [2.45, 2.75) is 38.5 Å². The Hall–Kier alpha value is -0.570. The van der Waals surface area contributed by atoms with Crippen LogP contribution < -0.4 is 5.32 Å². The van der Waals surface area contributed by atoms with Gasteiger partial charge in [0.25, 0.3) is 0 Å². The molecule has 1 spiro atoms. The summed E-state index contributed by atoms with van der Waals surface area (Å²) in [5, 5.41) is 13.0. The van der Waals surface area contributed by atoms with Crippen LogP contribution in [0.1, 0.15) is 38.5 Å². The molecule has 4 aliphatic rings. The van der Waals surface area contributed by atoms with Gasteiger partial charge in [-0.15, -0.1) is 0 Å². The predicted octanol–water partition coefficient (Wildman–Crippen LogP) is 1.63. The minimum atomic E-state index is -0.524. The molecule has 15 heavy (non-hydrogen) atoms. The zero-order valence-electron chi connectivity index (χ0n) is 9.09. The van der Waals surface area contributed by atoms with E-state index in [-0.39, 0.29) is 10.8 Å². The molecule has 0 aromatic heterocycles. The maximum absolute atomic E-state index is 11.7. The van der Waals surface area contributed by atoms with E-state index in [1.807, 2.05) is 0 Å². The van der Waals surface area contributed by atoms with Crippen LogP contribution in [0.3, 0.4) is 0 Å². The van der Waals surface area contributed by atoms with Crippen LogP contribution in [-0.2, 0) is 4.79 Å². The second-order valence-corrected chi connectivity index (χ2v) is 5.74. The first-order valence-electron chi connectivity index (χ1n) is 6.13. The Morgan fingerprint density at radius 1 is 1.27 bits per heavy atom. The van der Waals surface area contributed by atoms with E-state index in [2.05, 4.69) is 5.32 Å². The highest BCUT2D eigenvalue weighted by Crippen LogP contribution is 2.63. The molecule has 1 unspecified atom stereocenters. The highest BCUT2D eigenvalue weighted by Gasteiger charge is 2.62. The Morgan fingerprint density at radius 3 is 2.53 bits per heavy atom. The molecule has 4 fully saturated rings. The second kappa shape index (κ2) is 2.97. The Balaban J connectivity index is 2.02. The smallest absolute Gasteiger partial charge is 0.310 e. The molecule has 0 aromatic carbocycles. The molecule has 3 aliphatic carbocycles. The molecule has 84 valence electrons. The first-order chi connectivity index (χ1) is 7.19. The van der Waals surface area contributed by atoms with Gasteiger partial charge in [-0.2, -0.15) is 0 Å². The van der Waals surface area contributed by atoms with Crippen molar-refractivity contribution in [3.8, 4) is 0 Å². The third kappa shape index (κ3) is 1.07. The Kier molecular flexibility index (Phi) is 1.91. The summed E-state index contributed by atoms with van der Waals surface area (Å²) < 4.78 is 0. The summed E-state index contributed by atoms with van der Waals surface area (Å²) in [4.78, 5) is 11.7. The largest absolute Gasteiger partial charge is 0.481 e. The van der Waals surface area contributed by atoms with E-state index in [1.165, 1.54) is 0 Å². The molecule has 2 N–H and O–H groups in total. The van der Waals surface area contributed by atoms with Gasteiger partial charge >= 0.3 is 5.97 Å². The molecule has 2 bridgehead atoms. The predicted molar refractivity (Wildman–Crippen MR) is 56.6 cm³/mol. The number of aliphatic carboxylic acids is 1. The lowest BCUT2D eigenvalue weighted by Crippen LogP contribution is -2.56. The fourth-order valence-electron chi connectivity index (χ4n) is 4.42. The zero-order valence-corrected chi connectivity index (χ0v) is 9.09. The summed E-state index contributed by atoms with van der Waals surface area (Å²) in [6.07, 6.45) is 6.38. The molecule has 0 radical (unpaired) electrons. The van der Waals surface area contributed by atoms with Crippen molar-refractivity contribution in [2.24, 2.45) is 16.7 Å². The van der Waals surface area contributed by atoms with Gasteiger partial charge in [-0.3, -0.25) is 4.79 Å². The number of hydrogen-bond acceptors (Lipinski definition) is 2.